The van der Waals surface area contributed by atoms with E-state index in [4.69, 9.17) is 4.74 Å². The minimum Gasteiger partial charge on any atom is -0.508 e. The zero-order valence-corrected chi connectivity index (χ0v) is 15.5. The van der Waals surface area contributed by atoms with Crippen molar-refractivity contribution >= 4 is 5.97 Å². The molecule has 1 aromatic rings. The summed E-state index contributed by atoms with van der Waals surface area (Å²) in [5, 5.41) is 19.7. The molecule has 4 nitrogen and oxygen atoms in total. The molecule has 0 radical (unpaired) electrons. The Morgan fingerprint density at radius 3 is 2.62 bits per heavy atom. The van der Waals surface area contributed by atoms with Crippen molar-refractivity contribution in [2.24, 2.45) is 5.92 Å². The first-order chi connectivity index (χ1) is 11.3. The summed E-state index contributed by atoms with van der Waals surface area (Å²) in [5.41, 5.74) is 0.583. The van der Waals surface area contributed by atoms with Gasteiger partial charge in [0.1, 0.15) is 11.5 Å². The van der Waals surface area contributed by atoms with Gasteiger partial charge in [-0.05, 0) is 48.8 Å². The Morgan fingerprint density at radius 1 is 1.25 bits per heavy atom. The predicted octanol–water partition coefficient (Wildman–Crippen LogP) is 4.92. The highest BCUT2D eigenvalue weighted by Crippen LogP contribution is 2.37. The molecule has 0 fully saturated rings. The van der Waals surface area contributed by atoms with E-state index in [0.29, 0.717) is 18.9 Å². The van der Waals surface area contributed by atoms with Crippen molar-refractivity contribution in [3.63, 3.8) is 0 Å². The summed E-state index contributed by atoms with van der Waals surface area (Å²) >= 11 is 0. The first-order valence-corrected chi connectivity index (χ1v) is 8.94. The van der Waals surface area contributed by atoms with Gasteiger partial charge in [0.25, 0.3) is 0 Å². The quantitative estimate of drug-likeness (QED) is 0.470. The van der Waals surface area contributed by atoms with Crippen LogP contribution in [0, 0.1) is 5.92 Å². The molecule has 0 amide bonds. The second kappa shape index (κ2) is 9.55. The molecular weight excluding hydrogens is 304 g/mol. The van der Waals surface area contributed by atoms with Gasteiger partial charge in [0, 0.05) is 12.0 Å². The van der Waals surface area contributed by atoms with Crippen molar-refractivity contribution in [1.82, 2.24) is 0 Å². The van der Waals surface area contributed by atoms with Crippen LogP contribution in [0.25, 0.3) is 0 Å². The topological polar surface area (TPSA) is 66.8 Å². The van der Waals surface area contributed by atoms with Crippen LogP contribution >= 0.6 is 0 Å². The molecule has 0 aliphatic rings. The van der Waals surface area contributed by atoms with E-state index in [1.165, 1.54) is 6.07 Å². The van der Waals surface area contributed by atoms with E-state index in [1.54, 1.807) is 12.1 Å². The van der Waals surface area contributed by atoms with E-state index in [2.05, 4.69) is 20.8 Å². The van der Waals surface area contributed by atoms with Gasteiger partial charge in [0.15, 0.2) is 0 Å². The normalized spacial score (nSPS) is 12.8. The molecule has 0 saturated heterocycles. The molecule has 1 aromatic carbocycles. The van der Waals surface area contributed by atoms with E-state index >= 15 is 0 Å². The highest BCUT2D eigenvalue weighted by Gasteiger charge is 2.24. The molecule has 0 saturated carbocycles. The largest absolute Gasteiger partial charge is 0.508 e. The van der Waals surface area contributed by atoms with Gasteiger partial charge in [0.05, 0.1) is 6.61 Å². The Morgan fingerprint density at radius 2 is 1.96 bits per heavy atom. The Balaban J connectivity index is 2.37. The second-order valence-electron chi connectivity index (χ2n) is 7.34. The lowest BCUT2D eigenvalue weighted by molar-refractivity contribution is -0.144. The zero-order chi connectivity index (χ0) is 18.2. The maximum Gasteiger partial charge on any atom is 0.305 e. The third kappa shape index (κ3) is 6.81. The van der Waals surface area contributed by atoms with Gasteiger partial charge < -0.3 is 14.9 Å². The molecule has 0 aliphatic heterocycles. The van der Waals surface area contributed by atoms with E-state index in [9.17, 15) is 15.0 Å². The number of phenolic OH excluding ortho intramolecular Hbond substituents is 2. The summed E-state index contributed by atoms with van der Waals surface area (Å²) in [6.45, 7) is 8.80. The number of esters is 1. The van der Waals surface area contributed by atoms with Crippen LogP contribution in [-0.4, -0.2) is 22.8 Å². The Bertz CT molecular complexity index is 522. The van der Waals surface area contributed by atoms with Crippen molar-refractivity contribution in [3.05, 3.63) is 23.8 Å². The van der Waals surface area contributed by atoms with Crippen LogP contribution in [0.4, 0.5) is 0 Å². The Hall–Kier alpha value is -1.71. The summed E-state index contributed by atoms with van der Waals surface area (Å²) in [6, 6.07) is 4.68. The van der Waals surface area contributed by atoms with Gasteiger partial charge in [-0.25, -0.2) is 0 Å². The summed E-state index contributed by atoms with van der Waals surface area (Å²) in [4.78, 5) is 11.3. The first kappa shape index (κ1) is 20.3. The number of benzene rings is 1. The molecule has 0 heterocycles. The summed E-state index contributed by atoms with van der Waals surface area (Å²) in [6.07, 6.45) is 5.19. The van der Waals surface area contributed by atoms with Gasteiger partial charge >= 0.3 is 5.97 Å². The fourth-order valence-electron chi connectivity index (χ4n) is 2.89. The summed E-state index contributed by atoms with van der Waals surface area (Å²) < 4.78 is 5.20. The number of carbonyl (C=O) groups excluding carboxylic acids is 1. The van der Waals surface area contributed by atoms with E-state index in [-0.39, 0.29) is 22.9 Å². The minimum atomic E-state index is -0.198. The second-order valence-corrected chi connectivity index (χ2v) is 7.34. The van der Waals surface area contributed by atoms with Crippen LogP contribution in [0.15, 0.2) is 18.2 Å². The van der Waals surface area contributed by atoms with Crippen molar-refractivity contribution in [1.29, 1.82) is 0 Å². The van der Waals surface area contributed by atoms with Crippen LogP contribution in [0.3, 0.4) is 0 Å². The van der Waals surface area contributed by atoms with Gasteiger partial charge in [-0.1, -0.05) is 40.5 Å². The number of hydrogen-bond donors (Lipinski definition) is 2. The van der Waals surface area contributed by atoms with Crippen molar-refractivity contribution in [2.75, 3.05) is 6.61 Å². The number of hydrogen-bond acceptors (Lipinski definition) is 4. The van der Waals surface area contributed by atoms with Gasteiger partial charge in [-0.3, -0.25) is 4.79 Å². The lowest BCUT2D eigenvalue weighted by Gasteiger charge is -2.27. The fourth-order valence-corrected chi connectivity index (χ4v) is 2.89. The van der Waals surface area contributed by atoms with Gasteiger partial charge in [0.2, 0.25) is 0 Å². The van der Waals surface area contributed by atoms with Crippen LogP contribution in [0.5, 0.6) is 11.5 Å². The number of rotatable bonds is 10. The first-order valence-electron chi connectivity index (χ1n) is 8.94. The molecule has 0 aromatic heterocycles. The Labute approximate surface area is 145 Å². The number of aromatic hydroxyl groups is 2. The third-order valence-corrected chi connectivity index (χ3v) is 4.54. The molecular formula is C20H32O4. The van der Waals surface area contributed by atoms with Crippen molar-refractivity contribution in [2.45, 2.75) is 71.6 Å². The van der Waals surface area contributed by atoms with E-state index in [1.807, 2.05) is 6.92 Å². The van der Waals surface area contributed by atoms with Gasteiger partial charge in [-0.2, -0.15) is 0 Å². The number of phenols is 2. The maximum atomic E-state index is 11.3. The molecule has 136 valence electrons. The SMILES string of the molecule is CCCC(=O)OCCC(C)CCCC(C)(C)c1cc(O)ccc1O. The average molecular weight is 336 g/mol. The zero-order valence-electron chi connectivity index (χ0n) is 15.5. The van der Waals surface area contributed by atoms with Gasteiger partial charge in [-0.15, -0.1) is 0 Å². The molecule has 24 heavy (non-hydrogen) atoms. The van der Waals surface area contributed by atoms with Crippen molar-refractivity contribution < 1.29 is 19.7 Å². The lowest BCUT2D eigenvalue weighted by Crippen LogP contribution is -2.17. The highest BCUT2D eigenvalue weighted by molar-refractivity contribution is 5.69. The van der Waals surface area contributed by atoms with Crippen LogP contribution in [0.1, 0.15) is 71.8 Å². The fraction of sp³-hybridized carbons (Fsp3) is 0.650. The molecule has 1 rings (SSSR count). The molecule has 1 unspecified atom stereocenters. The van der Waals surface area contributed by atoms with E-state index in [0.717, 1.165) is 37.7 Å². The molecule has 0 aliphatic carbocycles. The molecule has 0 spiro atoms. The monoisotopic (exact) mass is 336 g/mol. The smallest absolute Gasteiger partial charge is 0.305 e. The predicted molar refractivity (Wildman–Crippen MR) is 96.3 cm³/mol. The van der Waals surface area contributed by atoms with Crippen LogP contribution in [0.2, 0.25) is 0 Å². The van der Waals surface area contributed by atoms with Crippen molar-refractivity contribution in [3.8, 4) is 11.5 Å². The molecule has 4 heteroatoms. The van der Waals surface area contributed by atoms with Crippen LogP contribution in [-0.2, 0) is 14.9 Å². The lowest BCUT2D eigenvalue weighted by atomic mass is 9.79. The summed E-state index contributed by atoms with van der Waals surface area (Å²) in [5.74, 6) is 0.796. The van der Waals surface area contributed by atoms with Crippen LogP contribution < -0.4 is 0 Å². The molecule has 2 N–H and O–H groups in total. The highest BCUT2D eigenvalue weighted by atomic mass is 16.5. The van der Waals surface area contributed by atoms with E-state index < -0.39 is 0 Å². The third-order valence-electron chi connectivity index (χ3n) is 4.54. The maximum absolute atomic E-state index is 11.3. The molecule has 1 atom stereocenters. The summed E-state index contributed by atoms with van der Waals surface area (Å²) in [7, 11) is 0. The Kier molecular flexibility index (Phi) is 8.09. The average Bonchev–Trinajstić information content (AvgIpc) is 2.49. The molecule has 0 bridgehead atoms. The standard InChI is InChI=1S/C20H32O4/c1-5-7-19(23)24-13-11-15(2)8-6-12-20(3,4)17-14-16(21)9-10-18(17)22/h9-10,14-15,21-22H,5-8,11-13H2,1-4H3. The number of ether oxygens (including phenoxy) is 1. The number of carbonyl (C=O) groups is 1. The minimum absolute atomic E-state index is 0.106.